The minimum atomic E-state index is -0.187. The summed E-state index contributed by atoms with van der Waals surface area (Å²) in [4.78, 5) is 23.9. The summed E-state index contributed by atoms with van der Waals surface area (Å²) in [5, 5.41) is 9.39. The predicted molar refractivity (Wildman–Crippen MR) is 128 cm³/mol. The second-order valence-electron chi connectivity index (χ2n) is 8.17. The van der Waals surface area contributed by atoms with Crippen molar-refractivity contribution in [1.29, 1.82) is 0 Å². The number of unbranched alkanes of at least 4 members (excludes halogenated alkanes) is 9. The van der Waals surface area contributed by atoms with Crippen LogP contribution in [0.4, 0.5) is 5.69 Å². The number of thioether (sulfide) groups is 1. The Labute approximate surface area is 186 Å². The quantitative estimate of drug-likeness (QED) is 0.344. The molecule has 1 saturated heterocycles. The Morgan fingerprint density at radius 3 is 2.30 bits per heavy atom. The van der Waals surface area contributed by atoms with E-state index in [1.165, 1.54) is 64.7 Å². The van der Waals surface area contributed by atoms with Gasteiger partial charge in [0.2, 0.25) is 11.8 Å². The zero-order valence-electron chi connectivity index (χ0n) is 18.7. The van der Waals surface area contributed by atoms with Gasteiger partial charge in [-0.05, 0) is 12.5 Å². The van der Waals surface area contributed by atoms with Crippen LogP contribution in [-0.2, 0) is 9.59 Å². The van der Waals surface area contributed by atoms with E-state index in [-0.39, 0.29) is 23.2 Å². The summed E-state index contributed by atoms with van der Waals surface area (Å²) in [5.74, 6) is 0.734. The highest BCUT2D eigenvalue weighted by molar-refractivity contribution is 7.99. The Morgan fingerprint density at radius 2 is 1.63 bits per heavy atom. The SMILES string of the molecule is CCCCCCCCCCCCNC(=O)[C@@H]1CSC(c2ccccc2NC(C)=O)N1. The first-order valence-electron chi connectivity index (χ1n) is 11.6. The van der Waals surface area contributed by atoms with E-state index in [2.05, 4.69) is 22.9 Å². The molecule has 2 rings (SSSR count). The zero-order valence-corrected chi connectivity index (χ0v) is 19.5. The van der Waals surface area contributed by atoms with Gasteiger partial charge in [0.1, 0.15) is 0 Å². The van der Waals surface area contributed by atoms with E-state index >= 15 is 0 Å². The molecular formula is C24H39N3O2S. The molecule has 1 aliphatic heterocycles. The molecule has 1 aromatic rings. The Bertz CT molecular complexity index is 653. The molecule has 1 aliphatic rings. The van der Waals surface area contributed by atoms with E-state index in [4.69, 9.17) is 0 Å². The fourth-order valence-corrected chi connectivity index (χ4v) is 5.06. The molecule has 0 aliphatic carbocycles. The van der Waals surface area contributed by atoms with E-state index in [0.717, 1.165) is 30.0 Å². The minimum absolute atomic E-state index is 0.0149. The number of hydrogen-bond acceptors (Lipinski definition) is 4. The van der Waals surface area contributed by atoms with Crippen molar-refractivity contribution in [3.05, 3.63) is 29.8 Å². The van der Waals surface area contributed by atoms with Gasteiger partial charge < -0.3 is 10.6 Å². The summed E-state index contributed by atoms with van der Waals surface area (Å²) >= 11 is 1.71. The zero-order chi connectivity index (χ0) is 21.6. The van der Waals surface area contributed by atoms with Crippen molar-refractivity contribution in [2.75, 3.05) is 17.6 Å². The molecule has 0 spiro atoms. The van der Waals surface area contributed by atoms with Crippen LogP contribution in [0.5, 0.6) is 0 Å². The second-order valence-corrected chi connectivity index (χ2v) is 9.31. The van der Waals surface area contributed by atoms with Crippen molar-refractivity contribution in [3.8, 4) is 0 Å². The van der Waals surface area contributed by atoms with Crippen LogP contribution in [0.25, 0.3) is 0 Å². The second kappa shape index (κ2) is 14.5. The number of carbonyl (C=O) groups excluding carboxylic acids is 2. The normalized spacial score (nSPS) is 18.3. The van der Waals surface area contributed by atoms with Crippen molar-refractivity contribution in [2.45, 2.75) is 89.5 Å². The van der Waals surface area contributed by atoms with Gasteiger partial charge in [0.25, 0.3) is 0 Å². The fourth-order valence-electron chi connectivity index (χ4n) is 3.78. The third kappa shape index (κ3) is 9.09. The van der Waals surface area contributed by atoms with Crippen LogP contribution in [0.2, 0.25) is 0 Å². The number of anilines is 1. The first kappa shape index (κ1) is 24.7. The van der Waals surface area contributed by atoms with Crippen molar-refractivity contribution >= 4 is 29.3 Å². The van der Waals surface area contributed by atoms with Gasteiger partial charge in [-0.3, -0.25) is 14.9 Å². The van der Waals surface area contributed by atoms with E-state index < -0.39 is 0 Å². The summed E-state index contributed by atoms with van der Waals surface area (Å²) in [6.45, 7) is 4.52. The Balaban J connectivity index is 1.59. The van der Waals surface area contributed by atoms with Crippen LogP contribution in [0.1, 0.15) is 89.0 Å². The molecule has 2 atom stereocenters. The summed E-state index contributed by atoms with van der Waals surface area (Å²) in [7, 11) is 0. The van der Waals surface area contributed by atoms with Crippen LogP contribution in [0.3, 0.4) is 0 Å². The molecule has 3 N–H and O–H groups in total. The van der Waals surface area contributed by atoms with Gasteiger partial charge in [-0.15, -0.1) is 11.8 Å². The van der Waals surface area contributed by atoms with E-state index in [1.807, 2.05) is 24.3 Å². The summed E-state index contributed by atoms with van der Waals surface area (Å²) in [6, 6.07) is 7.58. The molecule has 2 amide bonds. The molecule has 0 saturated carbocycles. The lowest BCUT2D eigenvalue weighted by molar-refractivity contribution is -0.122. The number of para-hydroxylation sites is 1. The van der Waals surface area contributed by atoms with Crippen molar-refractivity contribution in [1.82, 2.24) is 10.6 Å². The highest BCUT2D eigenvalue weighted by atomic mass is 32.2. The maximum absolute atomic E-state index is 12.5. The molecule has 1 fully saturated rings. The van der Waals surface area contributed by atoms with Gasteiger partial charge in [-0.1, -0.05) is 82.9 Å². The number of nitrogens with one attached hydrogen (secondary N) is 3. The van der Waals surface area contributed by atoms with Crippen molar-refractivity contribution in [3.63, 3.8) is 0 Å². The highest BCUT2D eigenvalue weighted by Gasteiger charge is 2.31. The summed E-state index contributed by atoms with van der Waals surface area (Å²) in [6.07, 6.45) is 13.0. The molecule has 0 radical (unpaired) electrons. The molecule has 5 nitrogen and oxygen atoms in total. The smallest absolute Gasteiger partial charge is 0.238 e. The monoisotopic (exact) mass is 433 g/mol. The van der Waals surface area contributed by atoms with Gasteiger partial charge in [0.05, 0.1) is 11.4 Å². The maximum atomic E-state index is 12.5. The number of carbonyl (C=O) groups is 2. The number of rotatable bonds is 14. The van der Waals surface area contributed by atoms with Crippen LogP contribution in [-0.4, -0.2) is 30.2 Å². The van der Waals surface area contributed by atoms with Crippen LogP contribution in [0, 0.1) is 0 Å². The number of benzene rings is 1. The molecule has 30 heavy (non-hydrogen) atoms. The molecule has 0 bridgehead atoms. The average molecular weight is 434 g/mol. The van der Waals surface area contributed by atoms with Gasteiger partial charge in [-0.2, -0.15) is 0 Å². The third-order valence-corrected chi connectivity index (χ3v) is 6.73. The third-order valence-electron chi connectivity index (χ3n) is 5.48. The van der Waals surface area contributed by atoms with E-state index in [1.54, 1.807) is 11.8 Å². The van der Waals surface area contributed by atoms with Crippen molar-refractivity contribution in [2.24, 2.45) is 0 Å². The molecule has 1 unspecified atom stereocenters. The molecule has 6 heteroatoms. The predicted octanol–water partition coefficient (Wildman–Crippen LogP) is 5.39. The summed E-state index contributed by atoms with van der Waals surface area (Å²) < 4.78 is 0. The van der Waals surface area contributed by atoms with Crippen LogP contribution in [0.15, 0.2) is 24.3 Å². The number of hydrogen-bond donors (Lipinski definition) is 3. The maximum Gasteiger partial charge on any atom is 0.238 e. The lowest BCUT2D eigenvalue weighted by Gasteiger charge is -2.17. The van der Waals surface area contributed by atoms with Gasteiger partial charge >= 0.3 is 0 Å². The van der Waals surface area contributed by atoms with Crippen LogP contribution < -0.4 is 16.0 Å². The Kier molecular flexibility index (Phi) is 11.9. The number of amides is 2. The van der Waals surface area contributed by atoms with Gasteiger partial charge in [-0.25, -0.2) is 0 Å². The Morgan fingerprint density at radius 1 is 1.00 bits per heavy atom. The Hall–Kier alpha value is -1.53. The highest BCUT2D eigenvalue weighted by Crippen LogP contribution is 2.36. The summed E-state index contributed by atoms with van der Waals surface area (Å²) in [5.41, 5.74) is 1.82. The molecule has 0 aromatic heterocycles. The lowest BCUT2D eigenvalue weighted by Crippen LogP contribution is -2.42. The fraction of sp³-hybridized carbons (Fsp3) is 0.667. The average Bonchev–Trinajstić information content (AvgIpc) is 3.22. The first-order valence-corrected chi connectivity index (χ1v) is 12.7. The molecular weight excluding hydrogens is 394 g/mol. The van der Waals surface area contributed by atoms with E-state index in [0.29, 0.717) is 0 Å². The standard InChI is InChI=1S/C24H39N3O2S/c1-3-4-5-6-7-8-9-10-11-14-17-25-23(29)22-18-30-24(27-22)20-15-12-13-16-21(20)26-19(2)28/h12-13,15-16,22,24,27H,3-11,14,17-18H2,1-2H3,(H,25,29)(H,26,28)/t22-,24?/m0/s1. The molecule has 1 aromatic carbocycles. The van der Waals surface area contributed by atoms with Crippen molar-refractivity contribution < 1.29 is 9.59 Å². The van der Waals surface area contributed by atoms with Gasteiger partial charge in [0, 0.05) is 30.5 Å². The first-order chi connectivity index (χ1) is 14.6. The minimum Gasteiger partial charge on any atom is -0.355 e. The largest absolute Gasteiger partial charge is 0.355 e. The lowest BCUT2D eigenvalue weighted by atomic mass is 10.1. The topological polar surface area (TPSA) is 70.2 Å². The molecule has 168 valence electrons. The van der Waals surface area contributed by atoms with Gasteiger partial charge in [0.15, 0.2) is 0 Å². The molecule has 1 heterocycles. The van der Waals surface area contributed by atoms with E-state index in [9.17, 15) is 9.59 Å². The van der Waals surface area contributed by atoms with Crippen LogP contribution >= 0.6 is 11.8 Å².